The summed E-state index contributed by atoms with van der Waals surface area (Å²) >= 11 is 0. The molecule has 7 nitrogen and oxygen atoms in total. The lowest BCUT2D eigenvalue weighted by Crippen LogP contribution is -2.15. The highest BCUT2D eigenvalue weighted by molar-refractivity contribution is 6.03. The lowest BCUT2D eigenvalue weighted by atomic mass is 10.2. The number of amides is 1. The second-order valence-electron chi connectivity index (χ2n) is 5.90. The number of rotatable bonds is 4. The minimum Gasteiger partial charge on any atom is -0.313 e. The summed E-state index contributed by atoms with van der Waals surface area (Å²) in [5.41, 5.74) is 2.93. The van der Waals surface area contributed by atoms with Crippen LogP contribution in [0.25, 0.3) is 16.9 Å². The SMILES string of the molecule is Cn1c(-c2ccc(F)cc2)cnc1NC(=O)c1ccc(-n2cnnc2)cc1. The van der Waals surface area contributed by atoms with Crippen molar-refractivity contribution in [3.63, 3.8) is 0 Å². The predicted octanol–water partition coefficient (Wildman–Crippen LogP) is 3.06. The van der Waals surface area contributed by atoms with Gasteiger partial charge in [-0.25, -0.2) is 9.37 Å². The summed E-state index contributed by atoms with van der Waals surface area (Å²) < 4.78 is 16.6. The van der Waals surface area contributed by atoms with E-state index in [0.29, 0.717) is 11.5 Å². The summed E-state index contributed by atoms with van der Waals surface area (Å²) in [7, 11) is 1.79. The van der Waals surface area contributed by atoms with Gasteiger partial charge in [0.15, 0.2) is 0 Å². The van der Waals surface area contributed by atoms with Crippen LogP contribution in [-0.2, 0) is 7.05 Å². The summed E-state index contributed by atoms with van der Waals surface area (Å²) in [6.07, 6.45) is 4.80. The molecule has 0 saturated carbocycles. The van der Waals surface area contributed by atoms with Crippen LogP contribution in [-0.4, -0.2) is 30.2 Å². The third-order valence-corrected chi connectivity index (χ3v) is 4.20. The van der Waals surface area contributed by atoms with Crippen LogP contribution in [0.15, 0.2) is 67.4 Å². The average molecular weight is 362 g/mol. The quantitative estimate of drug-likeness (QED) is 0.605. The van der Waals surface area contributed by atoms with E-state index in [4.69, 9.17) is 0 Å². The zero-order valence-corrected chi connectivity index (χ0v) is 14.4. The Morgan fingerprint density at radius 2 is 1.67 bits per heavy atom. The van der Waals surface area contributed by atoms with E-state index in [1.807, 2.05) is 0 Å². The molecule has 0 aliphatic carbocycles. The second kappa shape index (κ2) is 6.83. The summed E-state index contributed by atoms with van der Waals surface area (Å²) in [6.45, 7) is 0. The van der Waals surface area contributed by atoms with E-state index in [0.717, 1.165) is 16.9 Å². The molecule has 2 aromatic carbocycles. The van der Waals surface area contributed by atoms with Gasteiger partial charge in [-0.1, -0.05) is 0 Å². The fourth-order valence-corrected chi connectivity index (χ4v) is 2.71. The van der Waals surface area contributed by atoms with E-state index < -0.39 is 0 Å². The molecule has 27 heavy (non-hydrogen) atoms. The van der Waals surface area contributed by atoms with Crippen molar-refractivity contribution in [2.24, 2.45) is 7.05 Å². The summed E-state index contributed by atoms with van der Waals surface area (Å²) in [5, 5.41) is 10.3. The zero-order valence-electron chi connectivity index (χ0n) is 14.4. The molecule has 2 heterocycles. The number of benzene rings is 2. The first-order chi connectivity index (χ1) is 13.1. The van der Waals surface area contributed by atoms with Gasteiger partial charge in [0.1, 0.15) is 18.5 Å². The van der Waals surface area contributed by atoms with Gasteiger partial charge in [-0.15, -0.1) is 10.2 Å². The van der Waals surface area contributed by atoms with Crippen molar-refractivity contribution in [3.8, 4) is 16.9 Å². The van der Waals surface area contributed by atoms with Gasteiger partial charge in [0.05, 0.1) is 11.9 Å². The topological polar surface area (TPSA) is 77.6 Å². The van der Waals surface area contributed by atoms with Crippen LogP contribution in [0.2, 0.25) is 0 Å². The molecule has 0 aliphatic heterocycles. The van der Waals surface area contributed by atoms with Gasteiger partial charge < -0.3 is 4.57 Å². The lowest BCUT2D eigenvalue weighted by Gasteiger charge is -2.08. The van der Waals surface area contributed by atoms with Crippen molar-refractivity contribution in [1.82, 2.24) is 24.3 Å². The Bertz CT molecular complexity index is 1070. The number of aromatic nitrogens is 5. The van der Waals surface area contributed by atoms with Crippen molar-refractivity contribution >= 4 is 11.9 Å². The summed E-state index contributed by atoms with van der Waals surface area (Å²) in [4.78, 5) is 16.8. The van der Waals surface area contributed by atoms with Crippen molar-refractivity contribution in [3.05, 3.63) is 78.8 Å². The average Bonchev–Trinajstić information content (AvgIpc) is 3.34. The van der Waals surface area contributed by atoms with E-state index in [9.17, 15) is 9.18 Å². The van der Waals surface area contributed by atoms with Crippen LogP contribution in [0, 0.1) is 5.82 Å². The molecule has 1 N–H and O–H groups in total. The molecule has 0 atom stereocenters. The molecule has 0 radical (unpaired) electrons. The van der Waals surface area contributed by atoms with E-state index in [1.54, 1.807) is 71.4 Å². The number of halogens is 1. The van der Waals surface area contributed by atoms with Gasteiger partial charge in [0, 0.05) is 23.9 Å². The summed E-state index contributed by atoms with van der Waals surface area (Å²) in [5.74, 6) is -0.170. The lowest BCUT2D eigenvalue weighted by molar-refractivity contribution is 0.102. The smallest absolute Gasteiger partial charge is 0.257 e. The molecule has 4 aromatic rings. The number of carbonyl (C=O) groups is 1. The number of nitrogens with zero attached hydrogens (tertiary/aromatic N) is 5. The van der Waals surface area contributed by atoms with Crippen molar-refractivity contribution in [2.75, 3.05) is 5.32 Å². The Labute approximate surface area is 154 Å². The van der Waals surface area contributed by atoms with E-state index in [2.05, 4.69) is 20.5 Å². The number of anilines is 1. The molecular weight excluding hydrogens is 347 g/mol. The van der Waals surface area contributed by atoms with Gasteiger partial charge in [-0.3, -0.25) is 14.7 Å². The van der Waals surface area contributed by atoms with Crippen LogP contribution >= 0.6 is 0 Å². The van der Waals surface area contributed by atoms with E-state index in [-0.39, 0.29) is 11.7 Å². The Balaban J connectivity index is 1.52. The molecule has 0 spiro atoms. The van der Waals surface area contributed by atoms with E-state index in [1.165, 1.54) is 12.1 Å². The zero-order chi connectivity index (χ0) is 18.8. The molecule has 0 bridgehead atoms. The Hall–Kier alpha value is -3.81. The molecule has 1 amide bonds. The van der Waals surface area contributed by atoms with Crippen LogP contribution in [0.5, 0.6) is 0 Å². The normalized spacial score (nSPS) is 10.7. The second-order valence-corrected chi connectivity index (χ2v) is 5.90. The van der Waals surface area contributed by atoms with Gasteiger partial charge in [0.2, 0.25) is 5.95 Å². The minimum atomic E-state index is -0.302. The van der Waals surface area contributed by atoms with Gasteiger partial charge in [-0.2, -0.15) is 0 Å². The fraction of sp³-hybridized carbons (Fsp3) is 0.0526. The highest BCUT2D eigenvalue weighted by Crippen LogP contribution is 2.22. The highest BCUT2D eigenvalue weighted by Gasteiger charge is 2.13. The van der Waals surface area contributed by atoms with Crippen LogP contribution < -0.4 is 5.32 Å². The first-order valence-corrected chi connectivity index (χ1v) is 8.16. The molecule has 0 unspecified atom stereocenters. The third kappa shape index (κ3) is 3.32. The maximum Gasteiger partial charge on any atom is 0.257 e. The number of nitrogens with one attached hydrogen (secondary N) is 1. The van der Waals surface area contributed by atoms with E-state index >= 15 is 0 Å². The van der Waals surface area contributed by atoms with Gasteiger partial charge >= 0.3 is 0 Å². The Morgan fingerprint density at radius 1 is 1.00 bits per heavy atom. The fourth-order valence-electron chi connectivity index (χ4n) is 2.71. The maximum atomic E-state index is 13.1. The largest absolute Gasteiger partial charge is 0.313 e. The first-order valence-electron chi connectivity index (χ1n) is 8.16. The number of hydrogen-bond acceptors (Lipinski definition) is 4. The highest BCUT2D eigenvalue weighted by atomic mass is 19.1. The van der Waals surface area contributed by atoms with Gasteiger partial charge in [0.25, 0.3) is 5.91 Å². The molecule has 0 aliphatic rings. The van der Waals surface area contributed by atoms with Crippen LogP contribution in [0.1, 0.15) is 10.4 Å². The van der Waals surface area contributed by atoms with Crippen LogP contribution in [0.3, 0.4) is 0 Å². The monoisotopic (exact) mass is 362 g/mol. The molecule has 8 heteroatoms. The van der Waals surface area contributed by atoms with Crippen molar-refractivity contribution in [2.45, 2.75) is 0 Å². The Kier molecular flexibility index (Phi) is 4.21. The predicted molar refractivity (Wildman–Crippen MR) is 97.9 cm³/mol. The molecule has 4 rings (SSSR count). The maximum absolute atomic E-state index is 13.1. The molecule has 134 valence electrons. The molecule has 0 saturated heterocycles. The Morgan fingerprint density at radius 3 is 2.33 bits per heavy atom. The molecule has 2 aromatic heterocycles. The first kappa shape index (κ1) is 16.6. The van der Waals surface area contributed by atoms with Crippen LogP contribution in [0.4, 0.5) is 10.3 Å². The number of carbonyl (C=O) groups excluding carboxylic acids is 1. The summed E-state index contributed by atoms with van der Waals surface area (Å²) in [6, 6.07) is 13.2. The molecule has 0 fully saturated rings. The number of hydrogen-bond donors (Lipinski definition) is 1. The van der Waals surface area contributed by atoms with Crippen molar-refractivity contribution in [1.29, 1.82) is 0 Å². The number of imidazole rings is 1. The third-order valence-electron chi connectivity index (χ3n) is 4.20. The minimum absolute atomic E-state index is 0.273. The van der Waals surface area contributed by atoms with Crippen molar-refractivity contribution < 1.29 is 9.18 Å². The molecular formula is C19H15FN6O. The van der Waals surface area contributed by atoms with Gasteiger partial charge in [-0.05, 0) is 48.5 Å². The standard InChI is InChI=1S/C19H15FN6O/c1-25-17(13-2-6-15(20)7-3-13)10-21-19(25)24-18(27)14-4-8-16(9-5-14)26-11-22-23-12-26/h2-12H,1H3,(H,21,24,27).